The topological polar surface area (TPSA) is 96.4 Å². The zero-order valence-corrected chi connectivity index (χ0v) is 19.5. The Labute approximate surface area is 195 Å². The number of fused-ring (bicyclic) bond motifs is 2. The Hall–Kier alpha value is -2.19. The molecule has 182 valence electrons. The van der Waals surface area contributed by atoms with Gasteiger partial charge in [-0.1, -0.05) is 44.1 Å². The fourth-order valence-corrected chi connectivity index (χ4v) is 5.70. The maximum atomic E-state index is 13.8. The van der Waals surface area contributed by atoms with Gasteiger partial charge in [-0.3, -0.25) is 14.4 Å². The van der Waals surface area contributed by atoms with E-state index in [2.05, 4.69) is 6.92 Å². The number of hydrogen-bond donors (Lipinski definition) is 1. The molecular formula is C25H36N2O6. The number of aliphatic hydroxyl groups excluding tert-OH is 1. The van der Waals surface area contributed by atoms with E-state index in [0.717, 1.165) is 38.5 Å². The lowest BCUT2D eigenvalue weighted by molar-refractivity contribution is -0.155. The van der Waals surface area contributed by atoms with Gasteiger partial charge in [0.15, 0.2) is 0 Å². The van der Waals surface area contributed by atoms with Gasteiger partial charge >= 0.3 is 5.97 Å². The number of allylic oxidation sites excluding steroid dienone is 1. The molecule has 0 bridgehead atoms. The Morgan fingerprint density at radius 1 is 1.09 bits per heavy atom. The minimum atomic E-state index is -1.21. The molecule has 0 saturated carbocycles. The molecule has 4 aliphatic heterocycles. The van der Waals surface area contributed by atoms with Crippen LogP contribution in [-0.2, 0) is 23.9 Å². The summed E-state index contributed by atoms with van der Waals surface area (Å²) < 4.78 is 12.1. The first-order valence-electron chi connectivity index (χ1n) is 12.4. The van der Waals surface area contributed by atoms with Crippen LogP contribution in [0.5, 0.6) is 0 Å². The first-order chi connectivity index (χ1) is 16.0. The van der Waals surface area contributed by atoms with Gasteiger partial charge in [-0.2, -0.15) is 0 Å². The number of rotatable bonds is 7. The summed E-state index contributed by atoms with van der Waals surface area (Å²) >= 11 is 0. The normalized spacial score (nSPS) is 35.0. The van der Waals surface area contributed by atoms with Crippen LogP contribution >= 0.6 is 0 Å². The fourth-order valence-electron chi connectivity index (χ4n) is 5.70. The Morgan fingerprint density at radius 3 is 2.73 bits per heavy atom. The van der Waals surface area contributed by atoms with Crippen molar-refractivity contribution in [3.63, 3.8) is 0 Å². The Kier molecular flexibility index (Phi) is 7.54. The fraction of sp³-hybridized carbons (Fsp3) is 0.720. The van der Waals surface area contributed by atoms with Crippen molar-refractivity contribution in [3.05, 3.63) is 24.3 Å². The van der Waals surface area contributed by atoms with Gasteiger partial charge in [0.2, 0.25) is 11.8 Å². The van der Waals surface area contributed by atoms with Crippen LogP contribution in [0, 0.1) is 11.8 Å². The van der Waals surface area contributed by atoms with Crippen molar-refractivity contribution < 1.29 is 29.0 Å². The van der Waals surface area contributed by atoms with Gasteiger partial charge in [0.25, 0.3) is 0 Å². The van der Waals surface area contributed by atoms with E-state index in [1.807, 2.05) is 24.3 Å². The van der Waals surface area contributed by atoms with Crippen molar-refractivity contribution >= 4 is 17.8 Å². The van der Waals surface area contributed by atoms with Gasteiger partial charge in [-0.25, -0.2) is 0 Å². The lowest BCUT2D eigenvalue weighted by atomic mass is 9.78. The molecule has 1 spiro atoms. The highest BCUT2D eigenvalue weighted by Gasteiger charge is 2.71. The molecule has 8 nitrogen and oxygen atoms in total. The number of unbranched alkanes of at least 4 members (excludes halogenated alkanes) is 2. The van der Waals surface area contributed by atoms with E-state index < -0.39 is 35.6 Å². The summed E-state index contributed by atoms with van der Waals surface area (Å²) in [5.41, 5.74) is -1.21. The van der Waals surface area contributed by atoms with Crippen LogP contribution in [0.25, 0.3) is 0 Å². The quantitative estimate of drug-likeness (QED) is 0.354. The molecule has 4 aliphatic rings. The summed E-state index contributed by atoms with van der Waals surface area (Å²) in [7, 11) is 0. The summed E-state index contributed by atoms with van der Waals surface area (Å²) in [4.78, 5) is 44.1. The predicted octanol–water partition coefficient (Wildman–Crippen LogP) is 1.82. The molecule has 33 heavy (non-hydrogen) atoms. The molecule has 2 amide bonds. The SMILES string of the molecule is CCCCCN1CC=C[C@]23O[C@H]4/C=C\CCCCOC(=O)[C@H]4[C@H]2C(=O)N(CCCO)C3C1=O. The molecule has 0 aliphatic carbocycles. The van der Waals surface area contributed by atoms with Crippen molar-refractivity contribution in [2.24, 2.45) is 11.8 Å². The lowest BCUT2D eigenvalue weighted by Gasteiger charge is -2.35. The zero-order valence-electron chi connectivity index (χ0n) is 19.5. The third kappa shape index (κ3) is 4.35. The summed E-state index contributed by atoms with van der Waals surface area (Å²) in [6.07, 6.45) is 12.9. The van der Waals surface area contributed by atoms with E-state index in [1.165, 1.54) is 4.90 Å². The van der Waals surface area contributed by atoms with Crippen molar-refractivity contribution in [1.82, 2.24) is 9.80 Å². The Morgan fingerprint density at radius 2 is 1.94 bits per heavy atom. The first kappa shape index (κ1) is 24.0. The Bertz CT molecular complexity index is 811. The number of cyclic esters (lactones) is 1. The average Bonchev–Trinajstić information content (AvgIpc) is 3.19. The third-order valence-electron chi connectivity index (χ3n) is 7.27. The molecule has 8 heteroatoms. The van der Waals surface area contributed by atoms with Crippen LogP contribution in [0.3, 0.4) is 0 Å². The largest absolute Gasteiger partial charge is 0.465 e. The van der Waals surface area contributed by atoms with Crippen LogP contribution in [-0.4, -0.2) is 83.3 Å². The number of ether oxygens (including phenoxy) is 2. The molecule has 1 N–H and O–H groups in total. The van der Waals surface area contributed by atoms with E-state index in [1.54, 1.807) is 4.90 Å². The number of likely N-dealkylation sites (tertiary alicyclic amines) is 1. The van der Waals surface area contributed by atoms with Crippen LogP contribution in [0.15, 0.2) is 24.3 Å². The van der Waals surface area contributed by atoms with Crippen molar-refractivity contribution in [2.75, 3.05) is 32.8 Å². The molecular weight excluding hydrogens is 424 g/mol. The van der Waals surface area contributed by atoms with Crippen molar-refractivity contribution in [2.45, 2.75) is 69.6 Å². The maximum Gasteiger partial charge on any atom is 0.312 e. The number of hydrogen-bond acceptors (Lipinski definition) is 6. The molecule has 0 radical (unpaired) electrons. The van der Waals surface area contributed by atoms with Crippen LogP contribution < -0.4 is 0 Å². The van der Waals surface area contributed by atoms with Crippen LogP contribution in [0.2, 0.25) is 0 Å². The minimum Gasteiger partial charge on any atom is -0.465 e. The van der Waals surface area contributed by atoms with Crippen molar-refractivity contribution in [3.8, 4) is 0 Å². The van der Waals surface area contributed by atoms with Crippen LogP contribution in [0.4, 0.5) is 0 Å². The molecule has 4 rings (SSSR count). The molecule has 5 atom stereocenters. The third-order valence-corrected chi connectivity index (χ3v) is 7.27. The molecule has 2 fully saturated rings. The van der Waals surface area contributed by atoms with E-state index in [-0.39, 0.29) is 25.0 Å². The second kappa shape index (κ2) is 10.4. The zero-order chi connectivity index (χ0) is 23.4. The van der Waals surface area contributed by atoms with Crippen LogP contribution in [0.1, 0.15) is 51.9 Å². The first-order valence-corrected chi connectivity index (χ1v) is 12.4. The highest BCUT2D eigenvalue weighted by atomic mass is 16.6. The smallest absolute Gasteiger partial charge is 0.312 e. The van der Waals surface area contributed by atoms with Gasteiger partial charge in [-0.15, -0.1) is 0 Å². The number of amides is 2. The predicted molar refractivity (Wildman–Crippen MR) is 121 cm³/mol. The van der Waals surface area contributed by atoms with Crippen molar-refractivity contribution in [1.29, 1.82) is 0 Å². The highest BCUT2D eigenvalue weighted by molar-refractivity contribution is 5.99. The molecule has 0 aromatic carbocycles. The second-order valence-corrected chi connectivity index (χ2v) is 9.44. The number of esters is 1. The van der Waals surface area contributed by atoms with E-state index >= 15 is 0 Å². The molecule has 0 aromatic heterocycles. The summed E-state index contributed by atoms with van der Waals surface area (Å²) in [5.74, 6) is -2.46. The molecule has 1 unspecified atom stereocenters. The van der Waals surface area contributed by atoms with Gasteiger partial charge in [0.05, 0.1) is 18.6 Å². The summed E-state index contributed by atoms with van der Waals surface area (Å²) in [6.45, 7) is 3.66. The van der Waals surface area contributed by atoms with Gasteiger partial charge in [-0.05, 0) is 32.1 Å². The maximum absolute atomic E-state index is 13.8. The standard InChI is InChI=1S/C25H36N2O6/c1-2-3-7-13-26-14-9-12-25-20(22(29)27(15-10-16-28)21(25)23(26)30)19-18(33-25)11-6-4-5-8-17-32-24(19)31/h6,9,11-12,18-21,28H,2-5,7-8,10,13-17H2,1H3/b11-6-/t18-,19+,20-,21?,25-/m0/s1. The number of aliphatic hydroxyl groups is 1. The summed E-state index contributed by atoms with van der Waals surface area (Å²) in [6, 6.07) is -0.847. The monoisotopic (exact) mass is 460 g/mol. The van der Waals surface area contributed by atoms with E-state index in [4.69, 9.17) is 9.47 Å². The van der Waals surface area contributed by atoms with Gasteiger partial charge in [0.1, 0.15) is 17.6 Å². The molecule has 4 heterocycles. The van der Waals surface area contributed by atoms with E-state index in [9.17, 15) is 19.5 Å². The van der Waals surface area contributed by atoms with Gasteiger partial charge < -0.3 is 24.4 Å². The highest BCUT2D eigenvalue weighted by Crippen LogP contribution is 2.53. The second-order valence-electron chi connectivity index (χ2n) is 9.44. The lowest BCUT2D eigenvalue weighted by Crippen LogP contribution is -2.55. The molecule has 0 aromatic rings. The van der Waals surface area contributed by atoms with E-state index in [0.29, 0.717) is 26.1 Å². The minimum absolute atomic E-state index is 0.0872. The average molecular weight is 461 g/mol. The summed E-state index contributed by atoms with van der Waals surface area (Å²) in [5, 5.41) is 9.42. The molecule has 2 saturated heterocycles. The van der Waals surface area contributed by atoms with Gasteiger partial charge in [0, 0.05) is 26.2 Å². The number of carbonyl (C=O) groups is 3. The Balaban J connectivity index is 1.73. The number of carbonyl (C=O) groups excluding carboxylic acids is 3. The number of nitrogens with zero attached hydrogens (tertiary/aromatic N) is 2.